The van der Waals surface area contributed by atoms with Crippen LogP contribution in [0.5, 0.6) is 0 Å². The number of esters is 1. The first-order chi connectivity index (χ1) is 7.47. The van der Waals surface area contributed by atoms with Gasteiger partial charge in [-0.15, -0.1) is 0 Å². The highest BCUT2D eigenvalue weighted by Crippen LogP contribution is 2.14. The average Bonchev–Trinajstić information content (AvgIpc) is 2.28. The van der Waals surface area contributed by atoms with Gasteiger partial charge in [0.15, 0.2) is 5.75 Å². The van der Waals surface area contributed by atoms with Crippen LogP contribution in [0.25, 0.3) is 0 Å². The molecule has 0 amide bonds. The first kappa shape index (κ1) is 13.4. The molecule has 1 saturated heterocycles. The molecule has 0 saturated carbocycles. The Labute approximate surface area is 96.0 Å². The van der Waals surface area contributed by atoms with Gasteiger partial charge in [-0.3, -0.25) is 4.79 Å². The van der Waals surface area contributed by atoms with E-state index in [0.29, 0.717) is 0 Å². The smallest absolute Gasteiger partial charge is 0.322 e. The van der Waals surface area contributed by atoms with E-state index in [2.05, 4.69) is 10.1 Å². The standard InChI is InChI=1S/C9H18N2O4S/c1-11(8-3-5-10-6-4-8)16(13,14)7-9(12)15-2/h8,10H,3-7H2,1-2H3. The lowest BCUT2D eigenvalue weighted by atomic mass is 10.1. The molecule has 1 aliphatic rings. The number of carbonyl (C=O) groups is 1. The third-order valence-corrected chi connectivity index (χ3v) is 4.57. The van der Waals surface area contributed by atoms with Crippen molar-refractivity contribution in [2.75, 3.05) is 33.0 Å². The minimum Gasteiger partial charge on any atom is -0.468 e. The number of hydrogen-bond donors (Lipinski definition) is 1. The zero-order valence-corrected chi connectivity index (χ0v) is 10.4. The summed E-state index contributed by atoms with van der Waals surface area (Å²) >= 11 is 0. The van der Waals surface area contributed by atoms with E-state index in [4.69, 9.17) is 0 Å². The molecular formula is C9H18N2O4S. The molecule has 6 nitrogen and oxygen atoms in total. The summed E-state index contributed by atoms with van der Waals surface area (Å²) in [4.78, 5) is 11.0. The molecule has 1 aliphatic heterocycles. The van der Waals surface area contributed by atoms with Crippen LogP contribution in [-0.2, 0) is 19.6 Å². The molecule has 0 bridgehead atoms. The van der Waals surface area contributed by atoms with E-state index in [9.17, 15) is 13.2 Å². The Morgan fingerprint density at radius 3 is 2.50 bits per heavy atom. The summed E-state index contributed by atoms with van der Waals surface area (Å²) in [6.45, 7) is 1.62. The first-order valence-electron chi connectivity index (χ1n) is 5.20. The largest absolute Gasteiger partial charge is 0.468 e. The maximum atomic E-state index is 11.8. The number of rotatable bonds is 4. The predicted molar refractivity (Wildman–Crippen MR) is 59.5 cm³/mol. The summed E-state index contributed by atoms with van der Waals surface area (Å²) < 4.78 is 29.3. The van der Waals surface area contributed by atoms with Crippen molar-refractivity contribution in [1.29, 1.82) is 0 Å². The first-order valence-corrected chi connectivity index (χ1v) is 6.81. The number of methoxy groups -OCH3 is 1. The summed E-state index contributed by atoms with van der Waals surface area (Å²) in [5.41, 5.74) is 0. The van der Waals surface area contributed by atoms with Gasteiger partial charge in [-0.25, -0.2) is 12.7 Å². The fraction of sp³-hybridized carbons (Fsp3) is 0.889. The summed E-state index contributed by atoms with van der Waals surface area (Å²) in [7, 11) is -0.835. The van der Waals surface area contributed by atoms with Gasteiger partial charge < -0.3 is 10.1 Å². The molecule has 7 heteroatoms. The molecule has 94 valence electrons. The van der Waals surface area contributed by atoms with Crippen molar-refractivity contribution < 1.29 is 17.9 Å². The van der Waals surface area contributed by atoms with Crippen molar-refractivity contribution in [1.82, 2.24) is 9.62 Å². The summed E-state index contributed by atoms with van der Waals surface area (Å²) in [6, 6.07) is -0.0177. The highest BCUT2D eigenvalue weighted by atomic mass is 32.2. The molecule has 0 spiro atoms. The Bertz CT molecular complexity index is 335. The van der Waals surface area contributed by atoms with Crippen molar-refractivity contribution in [2.45, 2.75) is 18.9 Å². The van der Waals surface area contributed by atoms with E-state index >= 15 is 0 Å². The van der Waals surface area contributed by atoms with Gasteiger partial charge in [0.1, 0.15) is 0 Å². The van der Waals surface area contributed by atoms with Crippen LogP contribution in [0.1, 0.15) is 12.8 Å². The highest BCUT2D eigenvalue weighted by Gasteiger charge is 2.29. The van der Waals surface area contributed by atoms with Crippen LogP contribution in [0.3, 0.4) is 0 Å². The Kier molecular flexibility index (Phi) is 4.69. The van der Waals surface area contributed by atoms with Gasteiger partial charge in [0.25, 0.3) is 0 Å². The Morgan fingerprint density at radius 2 is 2.00 bits per heavy atom. The fourth-order valence-electron chi connectivity index (χ4n) is 1.71. The highest BCUT2D eigenvalue weighted by molar-refractivity contribution is 7.89. The molecule has 16 heavy (non-hydrogen) atoms. The normalized spacial score (nSPS) is 18.7. The number of piperidine rings is 1. The van der Waals surface area contributed by atoms with Gasteiger partial charge in [-0.2, -0.15) is 0 Å². The van der Waals surface area contributed by atoms with Gasteiger partial charge in [0.2, 0.25) is 10.0 Å². The van der Waals surface area contributed by atoms with Crippen LogP contribution in [0, 0.1) is 0 Å². The number of nitrogens with one attached hydrogen (secondary N) is 1. The number of hydrogen-bond acceptors (Lipinski definition) is 5. The van der Waals surface area contributed by atoms with E-state index in [1.165, 1.54) is 18.5 Å². The second-order valence-electron chi connectivity index (χ2n) is 3.83. The minimum atomic E-state index is -3.54. The van der Waals surface area contributed by atoms with Crippen molar-refractivity contribution in [3.63, 3.8) is 0 Å². The van der Waals surface area contributed by atoms with Crippen molar-refractivity contribution >= 4 is 16.0 Å². The Morgan fingerprint density at radius 1 is 1.44 bits per heavy atom. The van der Waals surface area contributed by atoms with Crippen LogP contribution in [-0.4, -0.2) is 57.7 Å². The lowest BCUT2D eigenvalue weighted by Crippen LogP contribution is -2.45. The number of nitrogens with zero attached hydrogens (tertiary/aromatic N) is 1. The summed E-state index contributed by atoms with van der Waals surface area (Å²) in [5.74, 6) is -1.30. The van der Waals surface area contributed by atoms with Crippen molar-refractivity contribution in [3.8, 4) is 0 Å². The zero-order valence-electron chi connectivity index (χ0n) is 9.60. The van der Waals surface area contributed by atoms with Gasteiger partial charge >= 0.3 is 5.97 Å². The van der Waals surface area contributed by atoms with Crippen molar-refractivity contribution in [3.05, 3.63) is 0 Å². The minimum absolute atomic E-state index is 0.0177. The Hall–Kier alpha value is -0.660. The summed E-state index contributed by atoms with van der Waals surface area (Å²) in [5, 5.41) is 3.16. The van der Waals surface area contributed by atoms with Crippen LogP contribution < -0.4 is 5.32 Å². The van der Waals surface area contributed by atoms with E-state index in [1.807, 2.05) is 0 Å². The van der Waals surface area contributed by atoms with Gasteiger partial charge in [-0.05, 0) is 25.9 Å². The molecule has 1 fully saturated rings. The van der Waals surface area contributed by atoms with Crippen LogP contribution in [0.15, 0.2) is 0 Å². The molecule has 1 N–H and O–H groups in total. The zero-order chi connectivity index (χ0) is 12.2. The molecule has 0 aromatic carbocycles. The fourth-order valence-corrected chi connectivity index (χ4v) is 2.99. The van der Waals surface area contributed by atoms with E-state index in [1.54, 1.807) is 0 Å². The molecule has 0 atom stereocenters. The van der Waals surface area contributed by atoms with E-state index < -0.39 is 21.7 Å². The SMILES string of the molecule is COC(=O)CS(=O)(=O)N(C)C1CCNCC1. The van der Waals surface area contributed by atoms with E-state index in [-0.39, 0.29) is 6.04 Å². The molecule has 1 rings (SSSR count). The van der Waals surface area contributed by atoms with Crippen LogP contribution >= 0.6 is 0 Å². The van der Waals surface area contributed by atoms with Crippen LogP contribution in [0.2, 0.25) is 0 Å². The number of carbonyl (C=O) groups excluding carboxylic acids is 1. The molecule has 0 unspecified atom stereocenters. The van der Waals surface area contributed by atoms with Gasteiger partial charge in [-0.1, -0.05) is 0 Å². The third-order valence-electron chi connectivity index (χ3n) is 2.79. The molecular weight excluding hydrogens is 232 g/mol. The molecule has 1 heterocycles. The number of ether oxygens (including phenoxy) is 1. The van der Waals surface area contributed by atoms with Gasteiger partial charge in [0.05, 0.1) is 7.11 Å². The topological polar surface area (TPSA) is 75.7 Å². The lowest BCUT2D eigenvalue weighted by Gasteiger charge is -2.30. The summed E-state index contributed by atoms with van der Waals surface area (Å²) in [6.07, 6.45) is 1.55. The molecule has 0 aromatic rings. The average molecular weight is 250 g/mol. The second kappa shape index (κ2) is 5.60. The maximum Gasteiger partial charge on any atom is 0.322 e. The molecule has 0 aliphatic carbocycles. The molecule has 0 radical (unpaired) electrons. The second-order valence-corrected chi connectivity index (χ2v) is 5.86. The maximum absolute atomic E-state index is 11.8. The van der Waals surface area contributed by atoms with E-state index in [0.717, 1.165) is 25.9 Å². The third kappa shape index (κ3) is 3.43. The van der Waals surface area contributed by atoms with Crippen molar-refractivity contribution in [2.24, 2.45) is 0 Å². The predicted octanol–water partition coefficient (Wildman–Crippen LogP) is -0.827. The Balaban J connectivity index is 2.63. The quantitative estimate of drug-likeness (QED) is 0.659. The monoisotopic (exact) mass is 250 g/mol. The van der Waals surface area contributed by atoms with Gasteiger partial charge in [0, 0.05) is 13.1 Å². The number of sulfonamides is 1. The van der Waals surface area contributed by atoms with Crippen LogP contribution in [0.4, 0.5) is 0 Å². The lowest BCUT2D eigenvalue weighted by molar-refractivity contribution is -0.137. The molecule has 0 aromatic heterocycles.